The zero-order valence-electron chi connectivity index (χ0n) is 19.8. The summed E-state index contributed by atoms with van der Waals surface area (Å²) in [5.41, 5.74) is 2.17. The summed E-state index contributed by atoms with van der Waals surface area (Å²) in [6.07, 6.45) is 1.62. The third kappa shape index (κ3) is 5.93. The Morgan fingerprint density at radius 3 is 2.53 bits per heavy atom. The van der Waals surface area contributed by atoms with Crippen molar-refractivity contribution in [3.05, 3.63) is 110 Å². The van der Waals surface area contributed by atoms with E-state index in [0.29, 0.717) is 33.1 Å². The first-order chi connectivity index (χ1) is 18.4. The number of ether oxygens (including phenoxy) is 1. The van der Waals surface area contributed by atoms with E-state index in [2.05, 4.69) is 45.5 Å². The molecule has 0 unspecified atom stereocenters. The Balaban J connectivity index is 1.23. The number of hydrogen-bond donors (Lipinski definition) is 1. The molecule has 4 aromatic rings. The largest absolute Gasteiger partial charge is 0.488 e. The number of carbonyl (C=O) groups excluding carboxylic acids is 3. The van der Waals surface area contributed by atoms with Crippen LogP contribution in [0.25, 0.3) is 16.8 Å². The number of amides is 3. The molecule has 0 saturated carbocycles. The number of imide groups is 1. The fraction of sp³-hybridized carbons (Fsp3) is 0.0690. The van der Waals surface area contributed by atoms with E-state index in [1.165, 1.54) is 5.39 Å². The highest BCUT2D eigenvalue weighted by atomic mass is 79.9. The average molecular weight is 608 g/mol. The summed E-state index contributed by atoms with van der Waals surface area (Å²) in [6, 6.07) is 26.5. The van der Waals surface area contributed by atoms with Crippen molar-refractivity contribution in [2.24, 2.45) is 0 Å². The van der Waals surface area contributed by atoms with Crippen LogP contribution in [0, 0.1) is 0 Å². The molecule has 1 saturated heterocycles. The van der Waals surface area contributed by atoms with Crippen LogP contribution < -0.4 is 10.1 Å². The number of rotatable bonds is 7. The molecule has 1 aliphatic rings. The first kappa shape index (κ1) is 26.0. The third-order valence-corrected chi connectivity index (χ3v) is 7.64. The first-order valence-corrected chi connectivity index (χ1v) is 13.6. The van der Waals surface area contributed by atoms with Crippen molar-refractivity contribution in [3.63, 3.8) is 0 Å². The maximum Gasteiger partial charge on any atom is 0.294 e. The van der Waals surface area contributed by atoms with Gasteiger partial charge in [0.15, 0.2) is 0 Å². The summed E-state index contributed by atoms with van der Waals surface area (Å²) in [4.78, 5) is 38.9. The second-order valence-electron chi connectivity index (χ2n) is 8.46. The molecular weight excluding hydrogens is 588 g/mol. The van der Waals surface area contributed by atoms with E-state index in [-0.39, 0.29) is 4.91 Å². The highest BCUT2D eigenvalue weighted by molar-refractivity contribution is 9.10. The molecule has 0 atom stereocenters. The van der Waals surface area contributed by atoms with Gasteiger partial charge >= 0.3 is 0 Å². The van der Waals surface area contributed by atoms with Gasteiger partial charge in [0.2, 0.25) is 5.91 Å². The highest BCUT2D eigenvalue weighted by Crippen LogP contribution is 2.34. The summed E-state index contributed by atoms with van der Waals surface area (Å²) >= 11 is 10.4. The van der Waals surface area contributed by atoms with Crippen LogP contribution in [0.4, 0.5) is 10.5 Å². The molecule has 9 heteroatoms. The van der Waals surface area contributed by atoms with E-state index < -0.39 is 23.6 Å². The van der Waals surface area contributed by atoms with Gasteiger partial charge in [-0.1, -0.05) is 66.2 Å². The minimum absolute atomic E-state index is 0.234. The normalized spacial score (nSPS) is 14.4. The molecule has 0 radical (unpaired) electrons. The molecule has 4 aromatic carbocycles. The monoisotopic (exact) mass is 606 g/mol. The van der Waals surface area contributed by atoms with Gasteiger partial charge in [-0.25, -0.2) is 0 Å². The van der Waals surface area contributed by atoms with Gasteiger partial charge in [-0.2, -0.15) is 0 Å². The van der Waals surface area contributed by atoms with Gasteiger partial charge in [-0.05, 0) is 86.0 Å². The molecule has 0 bridgehead atoms. The van der Waals surface area contributed by atoms with Crippen LogP contribution in [0.3, 0.4) is 0 Å². The minimum atomic E-state index is -0.526. The molecule has 1 heterocycles. The summed E-state index contributed by atoms with van der Waals surface area (Å²) in [5.74, 6) is -0.390. The lowest BCUT2D eigenvalue weighted by atomic mass is 10.1. The molecular formula is C29H20BrClN2O4S. The number of halogens is 2. The molecule has 38 heavy (non-hydrogen) atoms. The summed E-state index contributed by atoms with van der Waals surface area (Å²) in [5, 5.41) is 4.80. The fourth-order valence-electron chi connectivity index (χ4n) is 3.90. The van der Waals surface area contributed by atoms with Gasteiger partial charge in [0, 0.05) is 0 Å². The van der Waals surface area contributed by atoms with E-state index in [1.54, 1.807) is 42.5 Å². The van der Waals surface area contributed by atoms with E-state index in [1.807, 2.05) is 24.3 Å². The van der Waals surface area contributed by atoms with Crippen molar-refractivity contribution in [1.82, 2.24) is 4.90 Å². The number of para-hydroxylation sites is 1. The quantitative estimate of drug-likeness (QED) is 0.220. The number of nitrogens with zero attached hydrogens (tertiary/aromatic N) is 1. The first-order valence-electron chi connectivity index (χ1n) is 11.6. The second kappa shape index (κ2) is 11.4. The maximum atomic E-state index is 12.9. The number of carbonyl (C=O) groups is 3. The van der Waals surface area contributed by atoms with Crippen molar-refractivity contribution in [3.8, 4) is 5.75 Å². The highest BCUT2D eigenvalue weighted by Gasteiger charge is 2.36. The number of nitrogens with one attached hydrogen (secondary N) is 1. The molecule has 6 nitrogen and oxygen atoms in total. The zero-order chi connectivity index (χ0) is 26.6. The van der Waals surface area contributed by atoms with E-state index >= 15 is 0 Å². The second-order valence-corrected chi connectivity index (χ2v) is 10.7. The van der Waals surface area contributed by atoms with Crippen molar-refractivity contribution in [2.45, 2.75) is 6.61 Å². The van der Waals surface area contributed by atoms with Crippen LogP contribution >= 0.6 is 39.3 Å². The zero-order valence-corrected chi connectivity index (χ0v) is 23.0. The number of benzene rings is 4. The number of fused-ring (bicyclic) bond motifs is 1. The van der Waals surface area contributed by atoms with Crippen LogP contribution in [-0.2, 0) is 16.2 Å². The molecule has 1 aliphatic heterocycles. The molecule has 0 spiro atoms. The summed E-state index contributed by atoms with van der Waals surface area (Å²) < 4.78 is 6.71. The molecule has 1 N–H and O–H groups in total. The lowest BCUT2D eigenvalue weighted by Gasteiger charge is -2.13. The predicted molar refractivity (Wildman–Crippen MR) is 155 cm³/mol. The Kier molecular flexibility index (Phi) is 7.83. The van der Waals surface area contributed by atoms with Crippen molar-refractivity contribution >= 4 is 78.9 Å². The molecule has 5 rings (SSSR count). The Labute approximate surface area is 236 Å². The molecule has 190 valence electrons. The Morgan fingerprint density at radius 2 is 1.74 bits per heavy atom. The maximum absolute atomic E-state index is 12.9. The fourth-order valence-corrected chi connectivity index (χ4v) is 5.43. The van der Waals surface area contributed by atoms with Gasteiger partial charge < -0.3 is 10.1 Å². The van der Waals surface area contributed by atoms with Crippen LogP contribution in [0.2, 0.25) is 5.02 Å². The van der Waals surface area contributed by atoms with Crippen molar-refractivity contribution in [1.29, 1.82) is 0 Å². The molecule has 1 fully saturated rings. The average Bonchev–Trinajstić information content (AvgIpc) is 3.16. The van der Waals surface area contributed by atoms with Gasteiger partial charge in [-0.15, -0.1) is 0 Å². The predicted octanol–water partition coefficient (Wildman–Crippen LogP) is 7.51. The molecule has 0 aliphatic carbocycles. The van der Waals surface area contributed by atoms with E-state index in [4.69, 9.17) is 16.3 Å². The Bertz CT molecular complexity index is 1610. The molecule has 3 amide bonds. The van der Waals surface area contributed by atoms with Gasteiger partial charge in [-0.3, -0.25) is 19.3 Å². The minimum Gasteiger partial charge on any atom is -0.488 e. The van der Waals surface area contributed by atoms with Crippen LogP contribution in [0.15, 0.2) is 94.3 Å². The lowest BCUT2D eigenvalue weighted by molar-refractivity contribution is -0.127. The summed E-state index contributed by atoms with van der Waals surface area (Å²) in [7, 11) is 0. The Hall–Kier alpha value is -3.59. The standard InChI is InChI=1S/C29H20BrClN2O4S/c30-22-14-18(10-12-25(22)37-17-19-9-11-20-5-1-2-6-21(20)13-19)15-26-28(35)33(29(36)38-26)16-27(34)32-24-8-4-3-7-23(24)31/h1-15H,16-17H2,(H,32,34)/b26-15+. The number of thioether (sulfide) groups is 1. The Morgan fingerprint density at radius 1 is 0.974 bits per heavy atom. The van der Waals surface area contributed by atoms with Crippen LogP contribution in [0.1, 0.15) is 11.1 Å². The van der Waals surface area contributed by atoms with Gasteiger partial charge in [0.05, 0.1) is 20.1 Å². The third-order valence-electron chi connectivity index (χ3n) is 5.79. The number of anilines is 1. The molecule has 0 aromatic heterocycles. The lowest BCUT2D eigenvalue weighted by Crippen LogP contribution is -2.36. The van der Waals surface area contributed by atoms with Crippen molar-refractivity contribution < 1.29 is 19.1 Å². The number of hydrogen-bond acceptors (Lipinski definition) is 5. The van der Waals surface area contributed by atoms with Gasteiger partial charge in [0.25, 0.3) is 11.1 Å². The topological polar surface area (TPSA) is 75.7 Å². The van der Waals surface area contributed by atoms with Crippen LogP contribution in [-0.4, -0.2) is 28.5 Å². The van der Waals surface area contributed by atoms with Gasteiger partial charge in [0.1, 0.15) is 18.9 Å². The van der Waals surface area contributed by atoms with E-state index in [9.17, 15) is 14.4 Å². The van der Waals surface area contributed by atoms with Crippen molar-refractivity contribution in [2.75, 3.05) is 11.9 Å². The van der Waals surface area contributed by atoms with Crippen LogP contribution in [0.5, 0.6) is 5.75 Å². The summed E-state index contributed by atoms with van der Waals surface area (Å²) in [6.45, 7) is -0.00357. The SMILES string of the molecule is O=C(CN1C(=O)S/C(=C/c2ccc(OCc3ccc4ccccc4c3)c(Br)c2)C1=O)Nc1ccccc1Cl. The smallest absolute Gasteiger partial charge is 0.294 e. The van der Waals surface area contributed by atoms with E-state index in [0.717, 1.165) is 27.6 Å².